The van der Waals surface area contributed by atoms with Gasteiger partial charge in [0.1, 0.15) is 11.6 Å². The smallest absolute Gasteiger partial charge is 0.243 e. The van der Waals surface area contributed by atoms with Crippen LogP contribution in [0.5, 0.6) is 0 Å². The minimum atomic E-state index is 0.00922. The maximum Gasteiger partial charge on any atom is 0.243 e. The molecule has 5 rings (SSSR count). The zero-order chi connectivity index (χ0) is 20.7. The summed E-state index contributed by atoms with van der Waals surface area (Å²) in [6.07, 6.45) is 1.89. The Labute approximate surface area is 187 Å². The average molecular weight is 456 g/mol. The molecule has 1 fully saturated rings. The second kappa shape index (κ2) is 7.94. The van der Waals surface area contributed by atoms with Gasteiger partial charge in [-0.1, -0.05) is 23.7 Å². The van der Waals surface area contributed by atoms with E-state index in [-0.39, 0.29) is 18.5 Å². The summed E-state index contributed by atoms with van der Waals surface area (Å²) in [5, 5.41) is 8.77. The molecule has 3 heterocycles. The van der Waals surface area contributed by atoms with Crippen molar-refractivity contribution >= 4 is 51.3 Å². The van der Waals surface area contributed by atoms with Gasteiger partial charge in [0.25, 0.3) is 0 Å². The van der Waals surface area contributed by atoms with Gasteiger partial charge in [-0.05, 0) is 61.5 Å². The molecule has 2 aromatic carbocycles. The molecule has 4 aromatic rings. The van der Waals surface area contributed by atoms with Crippen molar-refractivity contribution in [2.75, 3.05) is 6.54 Å². The van der Waals surface area contributed by atoms with Gasteiger partial charge in [-0.3, -0.25) is 14.5 Å². The summed E-state index contributed by atoms with van der Waals surface area (Å²) in [4.78, 5) is 20.0. The molecule has 9 heteroatoms. The molecule has 1 aliphatic rings. The lowest BCUT2D eigenvalue weighted by molar-refractivity contribution is -0.132. The summed E-state index contributed by atoms with van der Waals surface area (Å²) in [6, 6.07) is 15.4. The Morgan fingerprint density at radius 1 is 1.23 bits per heavy atom. The maximum absolute atomic E-state index is 13.3. The van der Waals surface area contributed by atoms with Crippen LogP contribution in [-0.4, -0.2) is 37.1 Å². The molecule has 2 aromatic heterocycles. The highest BCUT2D eigenvalue weighted by Gasteiger charge is 2.32. The molecule has 0 unspecified atom stereocenters. The predicted molar refractivity (Wildman–Crippen MR) is 121 cm³/mol. The van der Waals surface area contributed by atoms with E-state index < -0.39 is 0 Å². The lowest BCUT2D eigenvalue weighted by atomic mass is 10.2. The molecule has 0 aliphatic carbocycles. The first kappa shape index (κ1) is 19.4. The third-order valence-corrected chi connectivity index (χ3v) is 7.02. The summed E-state index contributed by atoms with van der Waals surface area (Å²) in [6.45, 7) is 0.857. The molecule has 1 N–H and O–H groups in total. The van der Waals surface area contributed by atoms with E-state index in [4.69, 9.17) is 28.8 Å². The van der Waals surface area contributed by atoms with Crippen LogP contribution in [0.4, 0.5) is 0 Å². The molecule has 0 radical (unpaired) electrons. The fraction of sp³-hybridized carbons (Fsp3) is 0.238. The van der Waals surface area contributed by atoms with Crippen molar-refractivity contribution < 1.29 is 4.79 Å². The van der Waals surface area contributed by atoms with Crippen molar-refractivity contribution in [3.05, 3.63) is 63.3 Å². The highest BCUT2D eigenvalue weighted by Crippen LogP contribution is 2.36. The van der Waals surface area contributed by atoms with Crippen LogP contribution in [0.2, 0.25) is 5.02 Å². The number of thiazole rings is 1. The van der Waals surface area contributed by atoms with Crippen molar-refractivity contribution in [2.24, 2.45) is 0 Å². The lowest BCUT2D eigenvalue weighted by Crippen LogP contribution is -2.33. The van der Waals surface area contributed by atoms with Crippen LogP contribution in [0, 0.1) is 4.77 Å². The largest absolute Gasteiger partial charge is 0.332 e. The molecule has 6 nitrogen and oxygen atoms in total. The Bertz CT molecular complexity index is 1240. The highest BCUT2D eigenvalue weighted by atomic mass is 35.5. The lowest BCUT2D eigenvalue weighted by Gasteiger charge is -2.23. The molecule has 1 atom stereocenters. The third-order valence-electron chi connectivity index (χ3n) is 5.32. The summed E-state index contributed by atoms with van der Waals surface area (Å²) in [7, 11) is 0. The van der Waals surface area contributed by atoms with Gasteiger partial charge in [-0.15, -0.1) is 11.3 Å². The summed E-state index contributed by atoms with van der Waals surface area (Å²) < 4.78 is 3.31. The molecule has 30 heavy (non-hydrogen) atoms. The van der Waals surface area contributed by atoms with E-state index in [2.05, 4.69) is 16.3 Å². The van der Waals surface area contributed by atoms with Crippen LogP contribution in [0.25, 0.3) is 21.6 Å². The van der Waals surface area contributed by atoms with Crippen molar-refractivity contribution in [3.63, 3.8) is 0 Å². The zero-order valence-electron chi connectivity index (χ0n) is 15.9. The fourth-order valence-electron chi connectivity index (χ4n) is 3.86. The van der Waals surface area contributed by atoms with Crippen molar-refractivity contribution in [1.29, 1.82) is 0 Å². The van der Waals surface area contributed by atoms with Gasteiger partial charge in [-0.2, -0.15) is 5.10 Å². The molecular formula is C21H18ClN5OS2. The Hall–Kier alpha value is -2.55. The van der Waals surface area contributed by atoms with Gasteiger partial charge >= 0.3 is 0 Å². The topological polar surface area (TPSA) is 66.8 Å². The van der Waals surface area contributed by atoms with Crippen molar-refractivity contribution in [1.82, 2.24) is 24.6 Å². The number of rotatable bonds is 4. The average Bonchev–Trinajstić information content (AvgIpc) is 3.47. The van der Waals surface area contributed by atoms with Crippen LogP contribution in [0.15, 0.2) is 48.5 Å². The molecule has 0 spiro atoms. The second-order valence-electron chi connectivity index (χ2n) is 7.21. The number of nitrogens with zero attached hydrogens (tertiary/aromatic N) is 4. The van der Waals surface area contributed by atoms with Crippen LogP contribution in [0.3, 0.4) is 0 Å². The van der Waals surface area contributed by atoms with Gasteiger partial charge in [-0.25, -0.2) is 4.98 Å². The number of fused-ring (bicyclic) bond motifs is 1. The molecular weight excluding hydrogens is 438 g/mol. The van der Waals surface area contributed by atoms with E-state index in [9.17, 15) is 4.79 Å². The number of para-hydroxylation sites is 1. The molecule has 0 saturated carbocycles. The number of halogens is 1. The van der Waals surface area contributed by atoms with E-state index in [1.54, 1.807) is 28.0 Å². The quantitative estimate of drug-likeness (QED) is 0.427. The predicted octanol–water partition coefficient (Wildman–Crippen LogP) is 5.23. The molecule has 0 bridgehead atoms. The first-order valence-corrected chi connectivity index (χ1v) is 11.3. The molecule has 152 valence electrons. The molecule has 1 saturated heterocycles. The van der Waals surface area contributed by atoms with Crippen LogP contribution < -0.4 is 0 Å². The van der Waals surface area contributed by atoms with E-state index >= 15 is 0 Å². The number of amides is 1. The van der Waals surface area contributed by atoms with Gasteiger partial charge < -0.3 is 4.90 Å². The van der Waals surface area contributed by atoms with Crippen LogP contribution >= 0.6 is 35.2 Å². The van der Waals surface area contributed by atoms with Gasteiger partial charge in [0.2, 0.25) is 5.91 Å². The van der Waals surface area contributed by atoms with E-state index in [1.165, 1.54) is 0 Å². The van der Waals surface area contributed by atoms with E-state index in [1.807, 2.05) is 35.2 Å². The monoisotopic (exact) mass is 455 g/mol. The number of hydrogen-bond donors (Lipinski definition) is 1. The van der Waals surface area contributed by atoms with Crippen molar-refractivity contribution in [3.8, 4) is 11.4 Å². The van der Waals surface area contributed by atoms with Crippen molar-refractivity contribution in [2.45, 2.75) is 25.4 Å². The number of aromatic nitrogens is 4. The third kappa shape index (κ3) is 3.55. The Kier molecular flexibility index (Phi) is 5.14. The Balaban J connectivity index is 1.42. The summed E-state index contributed by atoms with van der Waals surface area (Å²) >= 11 is 13.1. The second-order valence-corrected chi connectivity index (χ2v) is 9.10. The van der Waals surface area contributed by atoms with Crippen LogP contribution in [0.1, 0.15) is 23.9 Å². The van der Waals surface area contributed by atoms with E-state index in [0.717, 1.165) is 40.2 Å². The Morgan fingerprint density at radius 3 is 2.83 bits per heavy atom. The number of hydrogen-bond acceptors (Lipinski definition) is 5. The highest BCUT2D eigenvalue weighted by molar-refractivity contribution is 7.71. The minimum Gasteiger partial charge on any atom is -0.332 e. The number of nitrogens with one attached hydrogen (secondary N) is 1. The number of benzene rings is 2. The number of carbonyl (C=O) groups excluding carboxylic acids is 1. The maximum atomic E-state index is 13.3. The molecule has 1 aliphatic heterocycles. The first-order valence-electron chi connectivity index (χ1n) is 9.66. The minimum absolute atomic E-state index is 0.00922. The van der Waals surface area contributed by atoms with E-state index in [0.29, 0.717) is 15.6 Å². The van der Waals surface area contributed by atoms with Gasteiger partial charge in [0, 0.05) is 17.1 Å². The number of carbonyl (C=O) groups is 1. The standard InChI is InChI=1S/C21H18ClN5OS2/c22-14-9-7-13(8-10-14)19-24-25-21(29)27(19)12-18(28)26-11-3-5-16(26)20-23-15-4-1-2-6-17(15)30-20/h1-2,4,6-10,16H,3,5,11-12H2,(H,25,29)/t16-/m0/s1. The first-order chi connectivity index (χ1) is 14.6. The van der Waals surface area contributed by atoms with Gasteiger partial charge in [0.15, 0.2) is 10.6 Å². The SMILES string of the molecule is O=C(Cn1c(-c2ccc(Cl)cc2)n[nH]c1=S)N1CCC[C@H]1c1nc2ccccc2s1. The number of likely N-dealkylation sites (tertiary alicyclic amines) is 1. The normalized spacial score (nSPS) is 16.4. The Morgan fingerprint density at radius 2 is 2.03 bits per heavy atom. The fourth-order valence-corrected chi connectivity index (χ4v) is 5.30. The zero-order valence-corrected chi connectivity index (χ0v) is 18.3. The number of aromatic amines is 1. The summed E-state index contributed by atoms with van der Waals surface area (Å²) in [5.41, 5.74) is 1.84. The van der Waals surface area contributed by atoms with Crippen LogP contribution in [-0.2, 0) is 11.3 Å². The summed E-state index contributed by atoms with van der Waals surface area (Å²) in [5.74, 6) is 0.644. The number of H-pyrrole nitrogens is 1. The molecule has 1 amide bonds. The van der Waals surface area contributed by atoms with Gasteiger partial charge in [0.05, 0.1) is 16.3 Å².